The first-order chi connectivity index (χ1) is 9.31. The van der Waals surface area contributed by atoms with Crippen molar-refractivity contribution in [2.24, 2.45) is 0 Å². The van der Waals surface area contributed by atoms with Crippen molar-refractivity contribution in [3.05, 3.63) is 18.0 Å². The second-order valence-electron chi connectivity index (χ2n) is 4.84. The Hall–Kier alpha value is -1.47. The van der Waals surface area contributed by atoms with E-state index < -0.39 is 0 Å². The van der Waals surface area contributed by atoms with Crippen LogP contribution in [0.4, 0.5) is 5.00 Å². The third-order valence-electron chi connectivity index (χ3n) is 3.57. The van der Waals surface area contributed by atoms with E-state index in [2.05, 4.69) is 15.3 Å². The van der Waals surface area contributed by atoms with E-state index in [0.29, 0.717) is 5.92 Å². The number of nitrogens with two attached hydrogens (primary N) is 1. The summed E-state index contributed by atoms with van der Waals surface area (Å²) in [5, 5.41) is 15.0. The number of hydrogen-bond acceptors (Lipinski definition) is 6. The lowest BCUT2D eigenvalue weighted by atomic mass is 10.1. The lowest BCUT2D eigenvalue weighted by Gasteiger charge is -2.03. The Kier molecular flexibility index (Phi) is 2.56. The van der Waals surface area contributed by atoms with E-state index in [1.165, 1.54) is 25.7 Å². The van der Waals surface area contributed by atoms with Crippen LogP contribution >= 0.6 is 22.7 Å². The Labute approximate surface area is 118 Å². The highest BCUT2D eigenvalue weighted by molar-refractivity contribution is 7.25. The highest BCUT2D eigenvalue weighted by Gasteiger charge is 2.24. The molecule has 1 saturated carbocycles. The van der Waals surface area contributed by atoms with E-state index in [-0.39, 0.29) is 0 Å². The molecule has 5 nitrogen and oxygen atoms in total. The van der Waals surface area contributed by atoms with Crippen LogP contribution in [0.2, 0.25) is 0 Å². The fraction of sp³-hybridized carbons (Fsp3) is 0.417. The lowest BCUT2D eigenvalue weighted by molar-refractivity contribution is 0.641. The number of fused-ring (bicyclic) bond motifs is 1. The SMILES string of the molecule is Nc1ccc(-c2nn3c(C4CCCC4)nnc3s2)s1. The maximum Gasteiger partial charge on any atom is 0.235 e. The molecule has 0 saturated heterocycles. The average molecular weight is 291 g/mol. The first-order valence-corrected chi connectivity index (χ1v) is 8.02. The molecule has 3 heterocycles. The lowest BCUT2D eigenvalue weighted by Crippen LogP contribution is -2.01. The molecule has 4 rings (SSSR count). The van der Waals surface area contributed by atoms with Crippen molar-refractivity contribution in [1.82, 2.24) is 19.8 Å². The second-order valence-corrected chi connectivity index (χ2v) is 6.91. The molecular formula is C12H13N5S2. The Balaban J connectivity index is 1.79. The van der Waals surface area contributed by atoms with Crippen LogP contribution in [0.15, 0.2) is 12.1 Å². The van der Waals surface area contributed by atoms with Crippen molar-refractivity contribution in [1.29, 1.82) is 0 Å². The van der Waals surface area contributed by atoms with Crippen molar-refractivity contribution in [2.75, 3.05) is 5.73 Å². The van der Waals surface area contributed by atoms with Gasteiger partial charge >= 0.3 is 0 Å². The van der Waals surface area contributed by atoms with Gasteiger partial charge in [-0.05, 0) is 25.0 Å². The minimum absolute atomic E-state index is 0.526. The summed E-state index contributed by atoms with van der Waals surface area (Å²) in [5.41, 5.74) is 5.78. The van der Waals surface area contributed by atoms with Gasteiger partial charge in [-0.25, -0.2) is 0 Å². The molecule has 0 radical (unpaired) electrons. The Morgan fingerprint density at radius 1 is 1.16 bits per heavy atom. The quantitative estimate of drug-likeness (QED) is 0.787. The zero-order valence-corrected chi connectivity index (χ0v) is 11.9. The van der Waals surface area contributed by atoms with Gasteiger partial charge < -0.3 is 5.73 Å². The van der Waals surface area contributed by atoms with Gasteiger partial charge in [-0.1, -0.05) is 24.2 Å². The van der Waals surface area contributed by atoms with Gasteiger partial charge in [0.1, 0.15) is 0 Å². The van der Waals surface area contributed by atoms with Gasteiger partial charge in [-0.2, -0.15) is 9.61 Å². The smallest absolute Gasteiger partial charge is 0.235 e. The van der Waals surface area contributed by atoms with E-state index in [1.807, 2.05) is 16.6 Å². The molecule has 98 valence electrons. The molecule has 3 aromatic rings. The van der Waals surface area contributed by atoms with Gasteiger partial charge in [0.25, 0.3) is 0 Å². The van der Waals surface area contributed by atoms with Crippen molar-refractivity contribution in [2.45, 2.75) is 31.6 Å². The molecular weight excluding hydrogens is 278 g/mol. The first-order valence-electron chi connectivity index (χ1n) is 6.39. The summed E-state index contributed by atoms with van der Waals surface area (Å²) in [6, 6.07) is 3.93. The summed E-state index contributed by atoms with van der Waals surface area (Å²) in [5.74, 6) is 1.55. The standard InChI is InChI=1S/C12H13N5S2/c13-9-6-5-8(18-9)11-16-17-10(7-3-1-2-4-7)14-15-12(17)19-11/h5-7H,1-4,13H2. The van der Waals surface area contributed by atoms with Crippen molar-refractivity contribution in [3.63, 3.8) is 0 Å². The maximum absolute atomic E-state index is 5.78. The van der Waals surface area contributed by atoms with Crippen LogP contribution in [0, 0.1) is 0 Å². The predicted molar refractivity (Wildman–Crippen MR) is 77.6 cm³/mol. The molecule has 0 atom stereocenters. The molecule has 1 aliphatic rings. The van der Waals surface area contributed by atoms with E-state index >= 15 is 0 Å². The zero-order valence-electron chi connectivity index (χ0n) is 10.2. The number of hydrogen-bond donors (Lipinski definition) is 1. The molecule has 1 fully saturated rings. The van der Waals surface area contributed by atoms with Gasteiger partial charge in [-0.15, -0.1) is 21.5 Å². The van der Waals surface area contributed by atoms with Crippen LogP contribution in [-0.4, -0.2) is 19.8 Å². The number of nitrogens with zero attached hydrogens (tertiary/aromatic N) is 4. The molecule has 7 heteroatoms. The average Bonchev–Trinajstić information content (AvgIpc) is 3.11. The molecule has 1 aliphatic carbocycles. The minimum Gasteiger partial charge on any atom is -0.391 e. The Morgan fingerprint density at radius 2 is 2.00 bits per heavy atom. The molecule has 0 unspecified atom stereocenters. The van der Waals surface area contributed by atoms with Crippen LogP contribution < -0.4 is 5.73 Å². The Morgan fingerprint density at radius 3 is 2.74 bits per heavy atom. The van der Waals surface area contributed by atoms with Gasteiger partial charge in [0.2, 0.25) is 4.96 Å². The predicted octanol–water partition coefficient (Wildman–Crippen LogP) is 3.15. The summed E-state index contributed by atoms with van der Waals surface area (Å²) in [7, 11) is 0. The number of nitrogen functional groups attached to an aromatic ring is 1. The van der Waals surface area contributed by atoms with E-state index in [4.69, 9.17) is 5.73 Å². The molecule has 0 aromatic carbocycles. The van der Waals surface area contributed by atoms with Crippen molar-refractivity contribution in [3.8, 4) is 9.88 Å². The third-order valence-corrected chi connectivity index (χ3v) is 5.56. The van der Waals surface area contributed by atoms with Gasteiger partial charge in [-0.3, -0.25) is 0 Å². The molecule has 0 amide bonds. The summed E-state index contributed by atoms with van der Waals surface area (Å²) < 4.78 is 1.92. The third kappa shape index (κ3) is 1.84. The molecule has 19 heavy (non-hydrogen) atoms. The van der Waals surface area contributed by atoms with Crippen LogP contribution in [0.3, 0.4) is 0 Å². The molecule has 3 aromatic heterocycles. The largest absolute Gasteiger partial charge is 0.391 e. The van der Waals surface area contributed by atoms with Crippen LogP contribution in [-0.2, 0) is 0 Å². The first kappa shape index (κ1) is 11.4. The monoisotopic (exact) mass is 291 g/mol. The molecule has 0 aliphatic heterocycles. The minimum atomic E-state index is 0.526. The normalized spacial score (nSPS) is 16.6. The van der Waals surface area contributed by atoms with Gasteiger partial charge in [0.15, 0.2) is 10.8 Å². The van der Waals surface area contributed by atoms with Crippen LogP contribution in [0.1, 0.15) is 37.4 Å². The van der Waals surface area contributed by atoms with Crippen LogP contribution in [0.25, 0.3) is 14.8 Å². The van der Waals surface area contributed by atoms with E-state index in [0.717, 1.165) is 25.7 Å². The Bertz CT molecular complexity index is 719. The highest BCUT2D eigenvalue weighted by Crippen LogP contribution is 2.36. The number of thiophene rings is 1. The number of anilines is 1. The van der Waals surface area contributed by atoms with Gasteiger partial charge in [0, 0.05) is 5.92 Å². The highest BCUT2D eigenvalue weighted by atomic mass is 32.1. The topological polar surface area (TPSA) is 69.1 Å². The fourth-order valence-electron chi connectivity index (χ4n) is 2.64. The van der Waals surface area contributed by atoms with Crippen molar-refractivity contribution >= 4 is 32.6 Å². The van der Waals surface area contributed by atoms with Crippen LogP contribution in [0.5, 0.6) is 0 Å². The maximum atomic E-state index is 5.78. The van der Waals surface area contributed by atoms with E-state index in [9.17, 15) is 0 Å². The summed E-state index contributed by atoms with van der Waals surface area (Å²) >= 11 is 3.14. The number of aromatic nitrogens is 4. The van der Waals surface area contributed by atoms with E-state index in [1.54, 1.807) is 22.7 Å². The second kappa shape index (κ2) is 4.28. The summed E-state index contributed by atoms with van der Waals surface area (Å²) in [6.45, 7) is 0. The summed E-state index contributed by atoms with van der Waals surface area (Å²) in [4.78, 5) is 1.98. The number of rotatable bonds is 2. The van der Waals surface area contributed by atoms with Gasteiger partial charge in [0.05, 0.1) is 9.88 Å². The molecule has 0 spiro atoms. The zero-order chi connectivity index (χ0) is 12.8. The van der Waals surface area contributed by atoms with Crippen molar-refractivity contribution < 1.29 is 0 Å². The molecule has 0 bridgehead atoms. The fourth-order valence-corrected chi connectivity index (χ4v) is 4.31. The summed E-state index contributed by atoms with van der Waals surface area (Å²) in [6.07, 6.45) is 5.00. The molecule has 2 N–H and O–H groups in total.